The van der Waals surface area contributed by atoms with Crippen LogP contribution in [0.3, 0.4) is 0 Å². The zero-order valence-electron chi connectivity index (χ0n) is 12.2. The quantitative estimate of drug-likeness (QED) is 0.651. The van der Waals surface area contributed by atoms with Gasteiger partial charge in [-0.25, -0.2) is 0 Å². The maximum atomic E-state index is 13.1. The highest BCUT2D eigenvalue weighted by Crippen LogP contribution is 2.37. The number of hydrogen-bond acceptors (Lipinski definition) is 5. The molecule has 1 N–H and O–H groups in total. The van der Waals surface area contributed by atoms with Crippen molar-refractivity contribution in [2.24, 2.45) is 0 Å². The van der Waals surface area contributed by atoms with Crippen molar-refractivity contribution < 1.29 is 27.2 Å². The molecule has 0 radical (unpaired) electrons. The predicted molar refractivity (Wildman–Crippen MR) is 85.6 cm³/mol. The molecule has 0 aliphatic carbocycles. The fourth-order valence-corrected chi connectivity index (χ4v) is 3.24. The van der Waals surface area contributed by atoms with Gasteiger partial charge in [-0.3, -0.25) is 19.9 Å². The number of nitrogens with one attached hydrogen (secondary N) is 1. The van der Waals surface area contributed by atoms with Crippen LogP contribution in [0.2, 0.25) is 0 Å². The molecule has 9 heteroatoms. The highest BCUT2D eigenvalue weighted by molar-refractivity contribution is 8.18. The molecule has 3 heterocycles. The van der Waals surface area contributed by atoms with Gasteiger partial charge in [0, 0.05) is 23.0 Å². The molecule has 25 heavy (non-hydrogen) atoms. The van der Waals surface area contributed by atoms with Gasteiger partial charge < -0.3 is 4.42 Å². The van der Waals surface area contributed by atoms with E-state index in [9.17, 15) is 22.8 Å². The summed E-state index contributed by atoms with van der Waals surface area (Å²) in [5.41, 5.74) is -0.823. The Morgan fingerprint density at radius 3 is 2.72 bits per heavy atom. The number of hydrogen-bond donors (Lipinski definition) is 1. The first-order chi connectivity index (χ1) is 11.8. The number of fused-ring (bicyclic) bond motifs is 3. The van der Waals surface area contributed by atoms with Crippen LogP contribution in [0.1, 0.15) is 11.3 Å². The molecule has 0 atom stereocenters. The highest BCUT2D eigenvalue weighted by Gasteiger charge is 2.33. The minimum absolute atomic E-state index is 0.150. The van der Waals surface area contributed by atoms with Gasteiger partial charge in [-0.15, -0.1) is 0 Å². The van der Waals surface area contributed by atoms with E-state index in [-0.39, 0.29) is 27.2 Å². The van der Waals surface area contributed by atoms with Gasteiger partial charge in [0.05, 0.1) is 16.0 Å². The van der Waals surface area contributed by atoms with Gasteiger partial charge in [0.1, 0.15) is 11.3 Å². The summed E-state index contributed by atoms with van der Waals surface area (Å²) in [5, 5.41) is 2.33. The normalized spacial score (nSPS) is 17.0. The Morgan fingerprint density at radius 1 is 1.24 bits per heavy atom. The van der Waals surface area contributed by atoms with Crippen LogP contribution in [0.4, 0.5) is 18.0 Å². The van der Waals surface area contributed by atoms with Crippen LogP contribution in [-0.2, 0) is 11.0 Å². The zero-order valence-corrected chi connectivity index (χ0v) is 13.0. The van der Waals surface area contributed by atoms with Gasteiger partial charge >= 0.3 is 6.18 Å². The van der Waals surface area contributed by atoms with E-state index in [0.717, 1.165) is 17.8 Å². The number of rotatable bonds is 1. The molecule has 1 aliphatic rings. The van der Waals surface area contributed by atoms with Crippen LogP contribution >= 0.6 is 11.8 Å². The van der Waals surface area contributed by atoms with E-state index in [1.54, 1.807) is 6.07 Å². The lowest BCUT2D eigenvalue weighted by Gasteiger charge is -2.09. The number of para-hydroxylation sites is 1. The third kappa shape index (κ3) is 2.66. The molecule has 1 saturated heterocycles. The Labute approximate surface area is 141 Å². The number of imide groups is 1. The lowest BCUT2D eigenvalue weighted by Crippen LogP contribution is -2.17. The first-order valence-electron chi connectivity index (χ1n) is 6.96. The molecule has 0 bridgehead atoms. The SMILES string of the molecule is O=C1NC(=O)/C(=C/c2cc3cnc4c(C(F)(F)F)cccc4c3o2)S1. The second kappa shape index (κ2) is 5.35. The molecule has 1 aliphatic heterocycles. The topological polar surface area (TPSA) is 72.2 Å². The van der Waals surface area contributed by atoms with E-state index in [1.165, 1.54) is 24.4 Å². The Hall–Kier alpha value is -2.81. The minimum Gasteiger partial charge on any atom is -0.456 e. The van der Waals surface area contributed by atoms with E-state index in [4.69, 9.17) is 4.42 Å². The van der Waals surface area contributed by atoms with Gasteiger partial charge in [0.15, 0.2) is 0 Å². The van der Waals surface area contributed by atoms with E-state index in [2.05, 4.69) is 10.3 Å². The second-order valence-electron chi connectivity index (χ2n) is 5.24. The molecule has 1 aromatic carbocycles. The average Bonchev–Trinajstić information content (AvgIpc) is 3.08. The molecule has 126 valence electrons. The number of carbonyl (C=O) groups is 2. The molecule has 0 saturated carbocycles. The summed E-state index contributed by atoms with van der Waals surface area (Å²) in [6, 6.07) is 5.27. The van der Waals surface area contributed by atoms with E-state index in [1.807, 2.05) is 0 Å². The molecule has 3 aromatic rings. The van der Waals surface area contributed by atoms with Crippen molar-refractivity contribution >= 4 is 50.9 Å². The smallest absolute Gasteiger partial charge is 0.418 e. The van der Waals surface area contributed by atoms with Crippen molar-refractivity contribution in [2.45, 2.75) is 6.18 Å². The maximum absolute atomic E-state index is 13.1. The number of thioether (sulfide) groups is 1. The number of furan rings is 1. The van der Waals surface area contributed by atoms with Crippen LogP contribution in [0.25, 0.3) is 27.9 Å². The summed E-state index contributed by atoms with van der Waals surface area (Å²) in [5.74, 6) is -0.299. The molecule has 2 aromatic heterocycles. The van der Waals surface area contributed by atoms with Gasteiger partial charge in [0.25, 0.3) is 11.1 Å². The first kappa shape index (κ1) is 15.7. The molecule has 1 fully saturated rings. The second-order valence-corrected chi connectivity index (χ2v) is 6.26. The summed E-state index contributed by atoms with van der Waals surface area (Å²) in [4.78, 5) is 26.8. The number of aromatic nitrogens is 1. The van der Waals surface area contributed by atoms with E-state index >= 15 is 0 Å². The van der Waals surface area contributed by atoms with Crippen molar-refractivity contribution in [1.82, 2.24) is 10.3 Å². The lowest BCUT2D eigenvalue weighted by atomic mass is 10.1. The molecular formula is C16H7F3N2O3S. The molecular weight excluding hydrogens is 357 g/mol. The van der Waals surface area contributed by atoms with Crippen molar-refractivity contribution in [3.8, 4) is 0 Å². The third-order valence-corrected chi connectivity index (χ3v) is 4.42. The van der Waals surface area contributed by atoms with E-state index < -0.39 is 22.9 Å². The minimum atomic E-state index is -4.53. The highest BCUT2D eigenvalue weighted by atomic mass is 32.2. The number of carbonyl (C=O) groups excluding carboxylic acids is 2. The largest absolute Gasteiger partial charge is 0.456 e. The standard InChI is InChI=1S/C16H7F3N2O3S/c17-16(18,19)10-3-1-2-9-12(10)20-6-7-4-8(24-13(7)9)5-11-14(22)21-15(23)25-11/h1-6H,(H,21,22,23)/b11-5-. The Morgan fingerprint density at radius 2 is 2.04 bits per heavy atom. The van der Waals surface area contributed by atoms with Crippen LogP contribution in [0.15, 0.2) is 39.8 Å². The number of halogens is 3. The third-order valence-electron chi connectivity index (χ3n) is 3.61. The molecule has 0 spiro atoms. The number of alkyl halides is 3. The monoisotopic (exact) mass is 364 g/mol. The predicted octanol–water partition coefficient (Wildman–Crippen LogP) is 4.32. The maximum Gasteiger partial charge on any atom is 0.418 e. The van der Waals surface area contributed by atoms with Crippen LogP contribution < -0.4 is 5.32 Å². The summed E-state index contributed by atoms with van der Waals surface area (Å²) < 4.78 is 44.9. The Kier molecular flexibility index (Phi) is 3.36. The molecule has 2 amide bonds. The Balaban J connectivity index is 1.89. The Bertz CT molecular complexity index is 1090. The van der Waals surface area contributed by atoms with Gasteiger partial charge in [0.2, 0.25) is 0 Å². The van der Waals surface area contributed by atoms with E-state index in [0.29, 0.717) is 5.39 Å². The summed E-state index contributed by atoms with van der Waals surface area (Å²) in [6.07, 6.45) is -1.88. The molecule has 5 nitrogen and oxygen atoms in total. The zero-order chi connectivity index (χ0) is 17.8. The van der Waals surface area contributed by atoms with Crippen molar-refractivity contribution in [3.63, 3.8) is 0 Å². The fourth-order valence-electron chi connectivity index (χ4n) is 2.58. The first-order valence-corrected chi connectivity index (χ1v) is 7.78. The number of benzene rings is 1. The van der Waals surface area contributed by atoms with Crippen LogP contribution in [-0.4, -0.2) is 16.1 Å². The van der Waals surface area contributed by atoms with Crippen LogP contribution in [0, 0.1) is 0 Å². The molecule has 4 rings (SSSR count). The van der Waals surface area contributed by atoms with Crippen molar-refractivity contribution in [3.05, 3.63) is 46.7 Å². The van der Waals surface area contributed by atoms with Gasteiger partial charge in [-0.1, -0.05) is 6.07 Å². The number of amides is 2. The molecule has 0 unspecified atom stereocenters. The van der Waals surface area contributed by atoms with Gasteiger partial charge in [-0.2, -0.15) is 13.2 Å². The van der Waals surface area contributed by atoms with Gasteiger partial charge in [-0.05, 0) is 30.0 Å². The summed E-state index contributed by atoms with van der Waals surface area (Å²) >= 11 is 0.725. The lowest BCUT2D eigenvalue weighted by molar-refractivity contribution is -0.136. The van der Waals surface area contributed by atoms with Crippen LogP contribution in [0.5, 0.6) is 0 Å². The summed E-state index contributed by atoms with van der Waals surface area (Å²) in [7, 11) is 0. The number of nitrogens with zero attached hydrogens (tertiary/aromatic N) is 1. The average molecular weight is 364 g/mol. The fraction of sp³-hybridized carbons (Fsp3) is 0.0625. The van der Waals surface area contributed by atoms with Crippen molar-refractivity contribution in [2.75, 3.05) is 0 Å². The van der Waals surface area contributed by atoms with Crippen molar-refractivity contribution in [1.29, 1.82) is 0 Å². The number of pyridine rings is 1. The summed E-state index contributed by atoms with van der Waals surface area (Å²) in [6.45, 7) is 0.